The molecule has 5 N–H and O–H groups in total. The molecule has 0 spiro atoms. The van der Waals surface area contributed by atoms with Crippen LogP contribution in [0.25, 0.3) is 0 Å². The van der Waals surface area contributed by atoms with Crippen LogP contribution in [-0.2, 0) is 11.2 Å². The number of aliphatic carboxylic acids is 1. The van der Waals surface area contributed by atoms with Gasteiger partial charge in [-0.2, -0.15) is 0 Å². The van der Waals surface area contributed by atoms with E-state index in [2.05, 4.69) is 25.9 Å². The van der Waals surface area contributed by atoms with Crippen LogP contribution in [0.3, 0.4) is 0 Å². The Labute approximate surface area is 250 Å². The molecule has 1 aliphatic rings. The Morgan fingerprint density at radius 2 is 1.69 bits per heavy atom. The number of nitrogens with one attached hydrogen (secondary N) is 4. The second-order valence-corrected chi connectivity index (χ2v) is 10.7. The molecule has 2 heterocycles. The molecule has 0 aliphatic carbocycles. The van der Waals surface area contributed by atoms with Crippen molar-refractivity contribution in [3.8, 4) is 0 Å². The first kappa shape index (κ1) is 30.7. The van der Waals surface area contributed by atoms with Gasteiger partial charge in [0.1, 0.15) is 17.4 Å². The van der Waals surface area contributed by atoms with Crippen molar-refractivity contribution in [3.05, 3.63) is 91.9 Å². The molecule has 14 heteroatoms. The lowest BCUT2D eigenvalue weighted by Gasteiger charge is -2.40. The van der Waals surface area contributed by atoms with E-state index in [9.17, 15) is 29.1 Å². The molecule has 1 unspecified atom stereocenters. The number of benzene rings is 2. The number of aromatic nitrogens is 2. The van der Waals surface area contributed by atoms with Crippen molar-refractivity contribution in [2.24, 2.45) is 0 Å². The molecule has 1 aliphatic heterocycles. The second-order valence-electron chi connectivity index (χ2n) is 9.91. The summed E-state index contributed by atoms with van der Waals surface area (Å²) in [5.41, 5.74) is -1.57. The number of H-pyrrole nitrogens is 1. The Bertz CT molecular complexity index is 1540. The molecule has 220 valence electrons. The third-order valence-electron chi connectivity index (χ3n) is 7.01. The van der Waals surface area contributed by atoms with Crippen LogP contribution in [0.2, 0.25) is 10.0 Å². The number of anilines is 1. The first-order valence-electron chi connectivity index (χ1n) is 12.9. The number of ketones is 1. The standard InChI is InChI=1S/C28H28Cl2N6O6/c1-36-12-10-28(11-13-36,22(37)16-6-3-2-4-7-16)35-27(42)32-20(25(39)40)14-17-15-31-26(41)34-23(17)33-24(38)21-18(29)8-5-9-19(21)30/h2-9,15,20H,10-14H2,1H3,(H,39,40)(H2,32,35,42)(H2,31,33,34,38,41). The van der Waals surface area contributed by atoms with Crippen molar-refractivity contribution in [1.82, 2.24) is 25.5 Å². The number of hydrogen-bond acceptors (Lipinski definition) is 7. The van der Waals surface area contributed by atoms with E-state index < -0.39 is 35.2 Å². The van der Waals surface area contributed by atoms with Gasteiger partial charge in [0, 0.05) is 36.8 Å². The molecular weight excluding hydrogens is 587 g/mol. The van der Waals surface area contributed by atoms with Gasteiger partial charge >= 0.3 is 17.7 Å². The molecule has 2 aromatic carbocycles. The van der Waals surface area contributed by atoms with Crippen LogP contribution in [0.1, 0.15) is 39.1 Å². The van der Waals surface area contributed by atoms with Crippen molar-refractivity contribution in [1.29, 1.82) is 0 Å². The summed E-state index contributed by atoms with van der Waals surface area (Å²) in [6.07, 6.45) is 1.37. The highest BCUT2D eigenvalue weighted by Crippen LogP contribution is 2.27. The molecule has 3 aromatic rings. The van der Waals surface area contributed by atoms with Crippen LogP contribution in [0.5, 0.6) is 0 Å². The number of nitrogens with zero attached hydrogens (tertiary/aromatic N) is 2. The average molecular weight is 615 g/mol. The summed E-state index contributed by atoms with van der Waals surface area (Å²) in [4.78, 5) is 71.8. The number of carbonyl (C=O) groups excluding carboxylic acids is 3. The molecule has 0 saturated carbocycles. The van der Waals surface area contributed by atoms with Gasteiger partial charge in [0.15, 0.2) is 5.78 Å². The van der Waals surface area contributed by atoms with Crippen molar-refractivity contribution < 1.29 is 24.3 Å². The molecule has 4 rings (SSSR count). The fraction of sp³-hybridized carbons (Fsp3) is 0.286. The first-order valence-corrected chi connectivity index (χ1v) is 13.7. The molecule has 0 bridgehead atoms. The van der Waals surface area contributed by atoms with Crippen LogP contribution in [-0.4, -0.2) is 75.4 Å². The number of urea groups is 1. The zero-order valence-electron chi connectivity index (χ0n) is 22.4. The Morgan fingerprint density at radius 3 is 2.31 bits per heavy atom. The van der Waals surface area contributed by atoms with Gasteiger partial charge in [-0.05, 0) is 32.0 Å². The highest BCUT2D eigenvalue weighted by atomic mass is 35.5. The number of carbonyl (C=O) groups is 4. The highest BCUT2D eigenvalue weighted by Gasteiger charge is 2.43. The fourth-order valence-corrected chi connectivity index (χ4v) is 5.25. The molecule has 3 amide bonds. The van der Waals surface area contributed by atoms with Gasteiger partial charge in [0.2, 0.25) is 0 Å². The SMILES string of the molecule is CN1CCC(NC(=O)NC(Cc2cnc(=O)[nH]c2NC(=O)c2c(Cl)cccc2Cl)C(=O)O)(C(=O)c2ccccc2)CC1. The lowest BCUT2D eigenvalue weighted by molar-refractivity contribution is -0.139. The lowest BCUT2D eigenvalue weighted by atomic mass is 9.80. The summed E-state index contributed by atoms with van der Waals surface area (Å²) < 4.78 is 0. The third kappa shape index (κ3) is 7.14. The summed E-state index contributed by atoms with van der Waals surface area (Å²) in [6.45, 7) is 1.09. The summed E-state index contributed by atoms with van der Waals surface area (Å²) >= 11 is 12.2. The predicted octanol–water partition coefficient (Wildman–Crippen LogP) is 2.97. The van der Waals surface area contributed by atoms with Gasteiger partial charge in [0.05, 0.1) is 15.6 Å². The van der Waals surface area contributed by atoms with Crippen molar-refractivity contribution in [2.75, 3.05) is 25.5 Å². The maximum atomic E-state index is 13.5. The number of likely N-dealkylation sites (tertiary alicyclic amines) is 1. The van der Waals surface area contributed by atoms with Crippen LogP contribution in [0.15, 0.2) is 59.5 Å². The normalized spacial score (nSPS) is 15.3. The number of Topliss-reactive ketones (excluding diaryl/α,β-unsaturated/α-hetero) is 1. The van der Waals surface area contributed by atoms with Gasteiger partial charge in [-0.25, -0.2) is 19.4 Å². The summed E-state index contributed by atoms with van der Waals surface area (Å²) in [5.74, 6) is -2.56. The minimum atomic E-state index is -1.52. The zero-order valence-corrected chi connectivity index (χ0v) is 24.0. The number of carboxylic acids is 1. The van der Waals surface area contributed by atoms with E-state index in [0.29, 0.717) is 31.5 Å². The molecule has 1 fully saturated rings. The van der Waals surface area contributed by atoms with E-state index in [0.717, 1.165) is 6.20 Å². The van der Waals surface area contributed by atoms with Crippen molar-refractivity contribution >= 4 is 52.7 Å². The first-order chi connectivity index (χ1) is 20.0. The molecule has 1 atom stereocenters. The van der Waals surface area contributed by atoms with E-state index in [1.54, 1.807) is 36.4 Å². The van der Waals surface area contributed by atoms with E-state index in [1.165, 1.54) is 12.1 Å². The van der Waals surface area contributed by atoms with Crippen molar-refractivity contribution in [2.45, 2.75) is 30.8 Å². The quantitative estimate of drug-likeness (QED) is 0.229. The van der Waals surface area contributed by atoms with E-state index >= 15 is 0 Å². The Morgan fingerprint density at radius 1 is 1.05 bits per heavy atom. The van der Waals surface area contributed by atoms with Crippen molar-refractivity contribution in [3.63, 3.8) is 0 Å². The smallest absolute Gasteiger partial charge is 0.346 e. The van der Waals surface area contributed by atoms with Gasteiger partial charge < -0.3 is 26.0 Å². The summed E-state index contributed by atoms with van der Waals surface area (Å²) in [5, 5.41) is 17.7. The summed E-state index contributed by atoms with van der Waals surface area (Å²) in [6, 6.07) is 10.7. The Balaban J connectivity index is 1.54. The minimum absolute atomic E-state index is 0.0526. The number of aromatic amines is 1. The second kappa shape index (κ2) is 13.1. The molecule has 12 nitrogen and oxygen atoms in total. The largest absolute Gasteiger partial charge is 0.480 e. The molecule has 1 saturated heterocycles. The number of amides is 3. The molecular formula is C28H28Cl2N6O6. The third-order valence-corrected chi connectivity index (χ3v) is 7.64. The summed E-state index contributed by atoms with van der Waals surface area (Å²) in [7, 11) is 1.91. The zero-order chi connectivity index (χ0) is 30.4. The number of rotatable bonds is 9. The maximum Gasteiger partial charge on any atom is 0.346 e. The Kier molecular flexibility index (Phi) is 9.61. The monoisotopic (exact) mass is 614 g/mol. The topological polar surface area (TPSA) is 174 Å². The van der Waals surface area contributed by atoms with Gasteiger partial charge in [-0.3, -0.25) is 14.6 Å². The predicted molar refractivity (Wildman–Crippen MR) is 156 cm³/mol. The average Bonchev–Trinajstić information content (AvgIpc) is 2.95. The molecule has 0 radical (unpaired) electrons. The number of hydrogen-bond donors (Lipinski definition) is 5. The van der Waals surface area contributed by atoms with Crippen LogP contribution in [0, 0.1) is 0 Å². The van der Waals surface area contributed by atoms with Gasteiger partial charge in [0.25, 0.3) is 5.91 Å². The number of carboxylic acid groups (broad SMARTS) is 1. The van der Waals surface area contributed by atoms with Crippen LogP contribution in [0.4, 0.5) is 10.6 Å². The van der Waals surface area contributed by atoms with E-state index in [1.807, 2.05) is 11.9 Å². The van der Waals surface area contributed by atoms with E-state index in [4.69, 9.17) is 23.2 Å². The van der Waals surface area contributed by atoms with Gasteiger partial charge in [-0.15, -0.1) is 0 Å². The molecule has 1 aromatic heterocycles. The van der Waals surface area contributed by atoms with Gasteiger partial charge in [-0.1, -0.05) is 59.6 Å². The maximum absolute atomic E-state index is 13.5. The fourth-order valence-electron chi connectivity index (χ4n) is 4.68. The number of halogens is 2. The molecule has 42 heavy (non-hydrogen) atoms. The Hall–Kier alpha value is -4.26. The van der Waals surface area contributed by atoms with E-state index in [-0.39, 0.29) is 39.2 Å². The minimum Gasteiger partial charge on any atom is -0.480 e. The highest BCUT2D eigenvalue weighted by molar-refractivity contribution is 6.40. The number of piperidine rings is 1. The van der Waals surface area contributed by atoms with Crippen LogP contribution >= 0.6 is 23.2 Å². The van der Waals surface area contributed by atoms with Crippen LogP contribution < -0.4 is 21.6 Å². The lowest BCUT2D eigenvalue weighted by Crippen LogP contribution is -2.62.